The fraction of sp³-hybridized carbons (Fsp3) is 0.406. The Bertz CT molecular complexity index is 1350. The average Bonchev–Trinajstić information content (AvgIpc) is 2.99. The third-order valence-electron chi connectivity index (χ3n) is 7.84. The summed E-state index contributed by atoms with van der Waals surface area (Å²) in [4.78, 5) is 21.6. The molecule has 0 saturated carbocycles. The molecule has 0 bridgehead atoms. The maximum absolute atomic E-state index is 13.3. The van der Waals surface area contributed by atoms with Crippen molar-refractivity contribution in [1.82, 2.24) is 9.88 Å². The quantitative estimate of drug-likeness (QED) is 0.251. The van der Waals surface area contributed by atoms with Gasteiger partial charge in [0.1, 0.15) is 17.6 Å². The van der Waals surface area contributed by atoms with E-state index in [0.29, 0.717) is 61.7 Å². The molecule has 4 rings (SSSR count). The minimum absolute atomic E-state index is 0.00646. The molecule has 1 aliphatic rings. The SMILES string of the molecule is CC(Oc1ccc(C(F)(F)F)cc1)C(CCN(C)C(=O)C1CCN(c2ccc(C#N)cn2)CC1)Cc1ccc(Cl)cc1. The molecule has 1 fully saturated rings. The summed E-state index contributed by atoms with van der Waals surface area (Å²) in [6, 6.07) is 17.9. The smallest absolute Gasteiger partial charge is 0.416 e. The number of hydrogen-bond acceptors (Lipinski definition) is 5. The zero-order chi connectivity index (χ0) is 30.3. The maximum atomic E-state index is 13.3. The number of halogens is 4. The first-order valence-corrected chi connectivity index (χ1v) is 14.4. The molecule has 1 aromatic heterocycles. The zero-order valence-electron chi connectivity index (χ0n) is 23.6. The summed E-state index contributed by atoms with van der Waals surface area (Å²) >= 11 is 6.06. The number of nitrogens with zero attached hydrogens (tertiary/aromatic N) is 4. The number of piperidine rings is 1. The fourth-order valence-corrected chi connectivity index (χ4v) is 5.36. The van der Waals surface area contributed by atoms with Crippen LogP contribution in [0.1, 0.15) is 42.9 Å². The van der Waals surface area contributed by atoms with Crippen LogP contribution in [-0.2, 0) is 17.4 Å². The van der Waals surface area contributed by atoms with Crippen molar-refractivity contribution in [2.45, 2.75) is 44.9 Å². The van der Waals surface area contributed by atoms with E-state index in [0.717, 1.165) is 23.5 Å². The lowest BCUT2D eigenvalue weighted by atomic mass is 9.90. The molecule has 1 saturated heterocycles. The van der Waals surface area contributed by atoms with Gasteiger partial charge in [0.25, 0.3) is 0 Å². The molecule has 0 radical (unpaired) electrons. The standard InChI is InChI=1S/C32H34ClF3N4O2/c1-22(42-29-10-6-27(7-11-29)32(34,35)36)26(19-23-3-8-28(33)9-4-23)13-16-39(2)31(41)25-14-17-40(18-15-25)30-12-5-24(20-37)21-38-30/h3-12,21-22,25-26H,13-19H2,1-2H3. The number of aromatic nitrogens is 1. The van der Waals surface area contributed by atoms with Crippen LogP contribution in [0.3, 0.4) is 0 Å². The summed E-state index contributed by atoms with van der Waals surface area (Å²) < 4.78 is 45.0. The molecule has 3 aromatic rings. The van der Waals surface area contributed by atoms with Crippen molar-refractivity contribution in [1.29, 1.82) is 5.26 Å². The van der Waals surface area contributed by atoms with Crippen LogP contribution in [0.4, 0.5) is 19.0 Å². The fourth-order valence-electron chi connectivity index (χ4n) is 5.24. The Morgan fingerprint density at radius 2 is 1.79 bits per heavy atom. The van der Waals surface area contributed by atoms with E-state index in [1.54, 1.807) is 17.2 Å². The second-order valence-corrected chi connectivity index (χ2v) is 11.2. The number of carbonyl (C=O) groups is 1. The normalized spacial score (nSPS) is 15.5. The predicted octanol–water partition coefficient (Wildman–Crippen LogP) is 7.02. The first-order valence-electron chi connectivity index (χ1n) is 14.0. The highest BCUT2D eigenvalue weighted by Crippen LogP contribution is 2.31. The third-order valence-corrected chi connectivity index (χ3v) is 8.09. The molecule has 222 valence electrons. The van der Waals surface area contributed by atoms with Crippen LogP contribution in [0.5, 0.6) is 5.75 Å². The van der Waals surface area contributed by atoms with E-state index in [2.05, 4.69) is 16.0 Å². The molecule has 6 nitrogen and oxygen atoms in total. The molecule has 2 atom stereocenters. The summed E-state index contributed by atoms with van der Waals surface area (Å²) in [6.45, 7) is 3.85. The number of alkyl halides is 3. The van der Waals surface area contributed by atoms with Crippen LogP contribution in [0.25, 0.3) is 0 Å². The monoisotopic (exact) mass is 598 g/mol. The molecular formula is C32H34ClF3N4O2. The van der Waals surface area contributed by atoms with Gasteiger partial charge in [-0.1, -0.05) is 23.7 Å². The van der Waals surface area contributed by atoms with Crippen LogP contribution in [0.15, 0.2) is 66.9 Å². The number of benzene rings is 2. The van der Waals surface area contributed by atoms with Crippen LogP contribution >= 0.6 is 11.6 Å². The topological polar surface area (TPSA) is 69.5 Å². The Labute approximate surface area is 249 Å². The van der Waals surface area contributed by atoms with E-state index >= 15 is 0 Å². The molecule has 0 aliphatic carbocycles. The number of pyridine rings is 1. The molecule has 2 unspecified atom stereocenters. The van der Waals surface area contributed by atoms with Crippen LogP contribution < -0.4 is 9.64 Å². The summed E-state index contributed by atoms with van der Waals surface area (Å²) in [6.07, 6.45) is -0.418. The maximum Gasteiger partial charge on any atom is 0.416 e. The van der Waals surface area contributed by atoms with Crippen molar-refractivity contribution in [2.75, 3.05) is 31.6 Å². The number of hydrogen-bond donors (Lipinski definition) is 0. The Morgan fingerprint density at radius 3 is 2.36 bits per heavy atom. The lowest BCUT2D eigenvalue weighted by Gasteiger charge is -2.34. The van der Waals surface area contributed by atoms with Gasteiger partial charge in [-0.25, -0.2) is 4.98 Å². The summed E-state index contributed by atoms with van der Waals surface area (Å²) in [5.41, 5.74) is 0.850. The van der Waals surface area contributed by atoms with E-state index in [4.69, 9.17) is 21.6 Å². The van der Waals surface area contributed by atoms with Gasteiger partial charge in [-0.2, -0.15) is 18.4 Å². The first-order chi connectivity index (χ1) is 20.0. The summed E-state index contributed by atoms with van der Waals surface area (Å²) in [5, 5.41) is 9.62. The van der Waals surface area contributed by atoms with Crippen molar-refractivity contribution >= 4 is 23.3 Å². The Morgan fingerprint density at radius 1 is 1.12 bits per heavy atom. The number of amides is 1. The van der Waals surface area contributed by atoms with E-state index in [1.807, 2.05) is 44.3 Å². The highest BCUT2D eigenvalue weighted by molar-refractivity contribution is 6.30. The Hall–Kier alpha value is -3.77. The van der Waals surface area contributed by atoms with Gasteiger partial charge in [-0.3, -0.25) is 4.79 Å². The average molecular weight is 599 g/mol. The highest BCUT2D eigenvalue weighted by atomic mass is 35.5. The molecule has 10 heteroatoms. The summed E-state index contributed by atoms with van der Waals surface area (Å²) in [5.74, 6) is 1.18. The van der Waals surface area contributed by atoms with Crippen molar-refractivity contribution in [3.05, 3.63) is 88.6 Å². The number of anilines is 1. The van der Waals surface area contributed by atoms with Crippen molar-refractivity contribution in [3.63, 3.8) is 0 Å². The largest absolute Gasteiger partial charge is 0.490 e. The van der Waals surface area contributed by atoms with Crippen molar-refractivity contribution in [2.24, 2.45) is 11.8 Å². The van der Waals surface area contributed by atoms with Gasteiger partial charge in [0.15, 0.2) is 0 Å². The van der Waals surface area contributed by atoms with Crippen molar-refractivity contribution < 1.29 is 22.7 Å². The molecule has 0 N–H and O–H groups in total. The molecule has 1 aliphatic heterocycles. The molecule has 0 spiro atoms. The van der Waals surface area contributed by atoms with Gasteiger partial charge < -0.3 is 14.5 Å². The Balaban J connectivity index is 1.35. The molecular weight excluding hydrogens is 565 g/mol. The zero-order valence-corrected chi connectivity index (χ0v) is 24.4. The number of ether oxygens (including phenoxy) is 1. The van der Waals surface area contributed by atoms with Gasteiger partial charge in [0, 0.05) is 49.7 Å². The van der Waals surface area contributed by atoms with E-state index in [-0.39, 0.29) is 23.8 Å². The molecule has 2 aromatic carbocycles. The molecule has 1 amide bonds. The van der Waals surface area contributed by atoms with Crippen LogP contribution in [-0.4, -0.2) is 48.6 Å². The lowest BCUT2D eigenvalue weighted by Crippen LogP contribution is -2.42. The van der Waals surface area contributed by atoms with E-state index < -0.39 is 11.7 Å². The van der Waals surface area contributed by atoms with Gasteiger partial charge in [-0.05, 0) is 86.7 Å². The predicted molar refractivity (Wildman–Crippen MR) is 156 cm³/mol. The second-order valence-electron chi connectivity index (χ2n) is 10.8. The van der Waals surface area contributed by atoms with Gasteiger partial charge >= 0.3 is 6.18 Å². The van der Waals surface area contributed by atoms with Gasteiger partial charge in [0.2, 0.25) is 5.91 Å². The van der Waals surface area contributed by atoms with Gasteiger partial charge in [0.05, 0.1) is 17.2 Å². The second kappa shape index (κ2) is 13.9. The molecule has 2 heterocycles. The number of rotatable bonds is 10. The highest BCUT2D eigenvalue weighted by Gasteiger charge is 2.31. The number of nitriles is 1. The van der Waals surface area contributed by atoms with Crippen LogP contribution in [0.2, 0.25) is 5.02 Å². The minimum Gasteiger partial charge on any atom is -0.490 e. The van der Waals surface area contributed by atoms with Crippen LogP contribution in [0, 0.1) is 23.2 Å². The van der Waals surface area contributed by atoms with E-state index in [1.165, 1.54) is 12.1 Å². The third kappa shape index (κ3) is 8.39. The lowest BCUT2D eigenvalue weighted by molar-refractivity contribution is -0.137. The minimum atomic E-state index is -4.41. The van der Waals surface area contributed by atoms with Gasteiger partial charge in [-0.15, -0.1) is 0 Å². The first kappa shape index (κ1) is 31.2. The number of carbonyl (C=O) groups excluding carboxylic acids is 1. The van der Waals surface area contributed by atoms with Crippen molar-refractivity contribution in [3.8, 4) is 11.8 Å². The summed E-state index contributed by atoms with van der Waals surface area (Å²) in [7, 11) is 1.82. The van der Waals surface area contributed by atoms with E-state index in [9.17, 15) is 18.0 Å². The Kier molecular flexibility index (Phi) is 10.3. The molecule has 42 heavy (non-hydrogen) atoms.